The van der Waals surface area contributed by atoms with Crippen LogP contribution in [0.1, 0.15) is 0 Å². The molecule has 13 heavy (non-hydrogen) atoms. The van der Waals surface area contributed by atoms with Crippen molar-refractivity contribution in [2.75, 3.05) is 38.1 Å². The Morgan fingerprint density at radius 3 is 2.77 bits per heavy atom. The molecular formula is C8H14N4O. The van der Waals surface area contributed by atoms with Gasteiger partial charge in [-0.2, -0.15) is 0 Å². The molecule has 1 N–H and O–H groups in total. The van der Waals surface area contributed by atoms with Gasteiger partial charge in [0.2, 0.25) is 0 Å². The number of nitrogens with one attached hydrogen (secondary N) is 1. The number of rotatable bonds is 1. The van der Waals surface area contributed by atoms with Crippen molar-refractivity contribution in [3.05, 3.63) is 17.7 Å². The van der Waals surface area contributed by atoms with Gasteiger partial charge >= 0.3 is 0 Å². The number of aromatic amines is 1. The van der Waals surface area contributed by atoms with Crippen LogP contribution in [0.3, 0.4) is 0 Å². The van der Waals surface area contributed by atoms with Crippen LogP contribution in [0.2, 0.25) is 0 Å². The smallest absolute Gasteiger partial charge is 0.126 e. The molecule has 2 rings (SSSR count). The van der Waals surface area contributed by atoms with Gasteiger partial charge in [-0.05, 0) is 0 Å². The minimum atomic E-state index is -0.120. The molecule has 5 nitrogen and oxygen atoms in total. The first-order chi connectivity index (χ1) is 6.17. The number of hydrogen-bond acceptors (Lipinski definition) is 3. The number of hydrogen-bond donors (Lipinski definition) is 1. The number of H-pyrrole nitrogens is 1. The third-order valence-corrected chi connectivity index (χ3v) is 2.51. The summed E-state index contributed by atoms with van der Waals surface area (Å²) in [5, 5.41) is 11.5. The maximum atomic E-state index is 11.5. The summed E-state index contributed by atoms with van der Waals surface area (Å²) < 4.78 is -0.120. The van der Waals surface area contributed by atoms with Crippen LogP contribution in [-0.2, 0) is 0 Å². The standard InChI is InChI=1S/C8H14N4O/c1-12(13)4-2-11(3-5-12)8-6-9-7-10-8/h6-7H,2-5H2,1H3,(H,9,10). The summed E-state index contributed by atoms with van der Waals surface area (Å²) in [7, 11) is 1.73. The van der Waals surface area contributed by atoms with Crippen LogP contribution in [0.4, 0.5) is 5.82 Å². The molecular weight excluding hydrogens is 168 g/mol. The third kappa shape index (κ3) is 1.81. The predicted molar refractivity (Wildman–Crippen MR) is 50.1 cm³/mol. The Morgan fingerprint density at radius 2 is 2.23 bits per heavy atom. The highest BCUT2D eigenvalue weighted by atomic mass is 16.5. The second-order valence-corrected chi connectivity index (χ2v) is 3.67. The molecule has 1 saturated heterocycles. The normalized spacial score (nSPS) is 21.8. The Morgan fingerprint density at radius 1 is 1.54 bits per heavy atom. The summed E-state index contributed by atoms with van der Waals surface area (Å²) in [6, 6.07) is 0. The summed E-state index contributed by atoms with van der Waals surface area (Å²) in [6.07, 6.45) is 3.45. The molecule has 1 aromatic rings. The van der Waals surface area contributed by atoms with Crippen LogP contribution >= 0.6 is 0 Å². The number of aromatic nitrogens is 2. The Labute approximate surface area is 77.2 Å². The molecule has 0 amide bonds. The summed E-state index contributed by atoms with van der Waals surface area (Å²) in [5.74, 6) is 1.01. The van der Waals surface area contributed by atoms with E-state index in [4.69, 9.17) is 0 Å². The summed E-state index contributed by atoms with van der Waals surface area (Å²) in [4.78, 5) is 9.15. The Balaban J connectivity index is 1.99. The SMILES string of the molecule is C[N+]1([O-])CCN(c2cnc[nH]2)CC1. The number of piperazine rings is 1. The number of nitrogens with zero attached hydrogens (tertiary/aromatic N) is 3. The summed E-state index contributed by atoms with van der Waals surface area (Å²) in [6.45, 7) is 2.92. The summed E-state index contributed by atoms with van der Waals surface area (Å²) >= 11 is 0. The number of anilines is 1. The lowest BCUT2D eigenvalue weighted by Gasteiger charge is -2.45. The van der Waals surface area contributed by atoms with Crippen molar-refractivity contribution in [1.29, 1.82) is 0 Å². The van der Waals surface area contributed by atoms with E-state index in [9.17, 15) is 5.21 Å². The molecule has 1 aromatic heterocycles. The third-order valence-electron chi connectivity index (χ3n) is 2.51. The summed E-state index contributed by atoms with van der Waals surface area (Å²) in [5.41, 5.74) is 0. The molecule has 0 spiro atoms. The van der Waals surface area contributed by atoms with E-state index < -0.39 is 0 Å². The monoisotopic (exact) mass is 182 g/mol. The molecule has 0 unspecified atom stereocenters. The van der Waals surface area contributed by atoms with Gasteiger partial charge in [0.15, 0.2) is 0 Å². The number of quaternary nitrogens is 1. The fourth-order valence-corrected chi connectivity index (χ4v) is 1.55. The Hall–Kier alpha value is -1.07. The predicted octanol–water partition coefficient (Wildman–Crippen LogP) is 0.174. The minimum absolute atomic E-state index is 0.120. The van der Waals surface area contributed by atoms with Crippen molar-refractivity contribution in [2.24, 2.45) is 0 Å². The maximum absolute atomic E-state index is 11.5. The van der Waals surface area contributed by atoms with Crippen molar-refractivity contribution >= 4 is 5.82 Å². The average molecular weight is 182 g/mol. The van der Waals surface area contributed by atoms with E-state index >= 15 is 0 Å². The molecule has 0 atom stereocenters. The van der Waals surface area contributed by atoms with Crippen molar-refractivity contribution in [3.63, 3.8) is 0 Å². The second kappa shape index (κ2) is 3.01. The van der Waals surface area contributed by atoms with E-state index in [0.29, 0.717) is 13.1 Å². The van der Waals surface area contributed by atoms with Crippen LogP contribution in [-0.4, -0.2) is 47.8 Å². The first-order valence-corrected chi connectivity index (χ1v) is 4.46. The van der Waals surface area contributed by atoms with Gasteiger partial charge in [-0.3, -0.25) is 0 Å². The van der Waals surface area contributed by atoms with Gasteiger partial charge in [-0.15, -0.1) is 0 Å². The van der Waals surface area contributed by atoms with Crippen LogP contribution < -0.4 is 4.90 Å². The van der Waals surface area contributed by atoms with Crippen molar-refractivity contribution < 1.29 is 4.65 Å². The van der Waals surface area contributed by atoms with E-state index in [1.54, 1.807) is 19.6 Å². The van der Waals surface area contributed by atoms with Gasteiger partial charge in [0.1, 0.15) is 5.82 Å². The number of likely N-dealkylation sites (N-methyl/N-ethyl adjacent to an activating group) is 1. The fourth-order valence-electron chi connectivity index (χ4n) is 1.55. The van der Waals surface area contributed by atoms with E-state index in [1.807, 2.05) is 0 Å². The quantitative estimate of drug-likeness (QED) is 0.497. The first-order valence-electron chi connectivity index (χ1n) is 4.46. The molecule has 0 aliphatic carbocycles. The molecule has 2 heterocycles. The molecule has 72 valence electrons. The first kappa shape index (κ1) is 8.52. The van der Waals surface area contributed by atoms with Crippen molar-refractivity contribution in [1.82, 2.24) is 9.97 Å². The van der Waals surface area contributed by atoms with E-state index in [1.165, 1.54) is 0 Å². The van der Waals surface area contributed by atoms with Gasteiger partial charge in [-0.1, -0.05) is 0 Å². The van der Waals surface area contributed by atoms with Crippen LogP contribution in [0, 0.1) is 5.21 Å². The van der Waals surface area contributed by atoms with Crippen LogP contribution in [0.15, 0.2) is 12.5 Å². The van der Waals surface area contributed by atoms with Crippen molar-refractivity contribution in [3.8, 4) is 0 Å². The lowest BCUT2D eigenvalue weighted by atomic mass is 10.3. The largest absolute Gasteiger partial charge is 0.633 e. The van der Waals surface area contributed by atoms with Crippen LogP contribution in [0.5, 0.6) is 0 Å². The Bertz CT molecular complexity index is 260. The Kier molecular flexibility index (Phi) is 1.97. The number of hydroxylamine groups is 3. The molecule has 5 heteroatoms. The van der Waals surface area contributed by atoms with Gasteiger partial charge in [0.25, 0.3) is 0 Å². The van der Waals surface area contributed by atoms with Crippen LogP contribution in [0.25, 0.3) is 0 Å². The molecule has 1 aliphatic rings. The van der Waals surface area contributed by atoms with E-state index in [-0.39, 0.29) is 4.65 Å². The molecule has 1 fully saturated rings. The average Bonchev–Trinajstić information content (AvgIpc) is 2.56. The molecule has 1 aliphatic heterocycles. The van der Waals surface area contributed by atoms with Gasteiger partial charge in [0.05, 0.1) is 45.8 Å². The lowest BCUT2D eigenvalue weighted by Crippen LogP contribution is -2.53. The molecule has 0 aromatic carbocycles. The minimum Gasteiger partial charge on any atom is -0.633 e. The fraction of sp³-hybridized carbons (Fsp3) is 0.625. The molecule has 0 radical (unpaired) electrons. The highest BCUT2D eigenvalue weighted by molar-refractivity contribution is 5.35. The maximum Gasteiger partial charge on any atom is 0.126 e. The highest BCUT2D eigenvalue weighted by Crippen LogP contribution is 2.14. The number of imidazole rings is 1. The van der Waals surface area contributed by atoms with Crippen molar-refractivity contribution in [2.45, 2.75) is 0 Å². The topological polar surface area (TPSA) is 55.0 Å². The van der Waals surface area contributed by atoms with E-state index in [2.05, 4.69) is 14.9 Å². The molecule has 0 bridgehead atoms. The zero-order chi connectivity index (χ0) is 9.31. The van der Waals surface area contributed by atoms with Gasteiger partial charge in [-0.25, -0.2) is 4.98 Å². The molecule has 0 saturated carbocycles. The zero-order valence-electron chi connectivity index (χ0n) is 7.73. The van der Waals surface area contributed by atoms with E-state index in [0.717, 1.165) is 18.9 Å². The highest BCUT2D eigenvalue weighted by Gasteiger charge is 2.21. The lowest BCUT2D eigenvalue weighted by molar-refractivity contribution is -0.861. The second-order valence-electron chi connectivity index (χ2n) is 3.67. The van der Waals surface area contributed by atoms with Gasteiger partial charge < -0.3 is 19.7 Å². The zero-order valence-corrected chi connectivity index (χ0v) is 7.73. The van der Waals surface area contributed by atoms with Gasteiger partial charge in [0, 0.05) is 0 Å².